The first kappa shape index (κ1) is 28.1. The lowest BCUT2D eigenvalue weighted by atomic mass is 9.68. The Morgan fingerprint density at radius 2 is 1.64 bits per heavy atom. The Kier molecular flexibility index (Phi) is 7.44. The Hall–Kier alpha value is -3.93. The fraction of sp³-hybridized carbons (Fsp3) is 0.393. The summed E-state index contributed by atoms with van der Waals surface area (Å²) in [6, 6.07) is 5.26. The highest BCUT2D eigenvalue weighted by Gasteiger charge is 2.58. The van der Waals surface area contributed by atoms with Crippen LogP contribution in [0.5, 0.6) is 17.2 Å². The largest absolute Gasteiger partial charge is 0.507 e. The van der Waals surface area contributed by atoms with E-state index in [1.807, 2.05) is 0 Å². The molecule has 0 saturated carbocycles. The lowest BCUT2D eigenvalue weighted by Gasteiger charge is -2.48. The Bertz CT molecular complexity index is 1370. The van der Waals surface area contributed by atoms with Gasteiger partial charge in [0, 0.05) is 30.2 Å². The van der Waals surface area contributed by atoms with E-state index in [-0.39, 0.29) is 28.0 Å². The fourth-order valence-corrected chi connectivity index (χ4v) is 5.16. The van der Waals surface area contributed by atoms with Gasteiger partial charge < -0.3 is 39.4 Å². The maximum atomic E-state index is 13.5. The highest BCUT2D eigenvalue weighted by atomic mass is 16.6. The zero-order chi connectivity index (χ0) is 28.8. The summed E-state index contributed by atoms with van der Waals surface area (Å²) < 4.78 is 21.8. The van der Waals surface area contributed by atoms with Crippen molar-refractivity contribution in [2.45, 2.75) is 57.7 Å². The molecule has 1 fully saturated rings. The van der Waals surface area contributed by atoms with Gasteiger partial charge in [-0.1, -0.05) is 11.6 Å². The van der Waals surface area contributed by atoms with E-state index < -0.39 is 65.8 Å². The molecule has 5 atom stereocenters. The Morgan fingerprint density at radius 3 is 2.23 bits per heavy atom. The van der Waals surface area contributed by atoms with Gasteiger partial charge in [-0.25, -0.2) is 4.79 Å². The maximum absolute atomic E-state index is 13.5. The number of carbonyl (C=O) groups excluding carboxylic acids is 3. The Balaban J connectivity index is 1.94. The second-order valence-electron chi connectivity index (χ2n) is 9.89. The third-order valence-electron chi connectivity index (χ3n) is 6.71. The van der Waals surface area contributed by atoms with Crippen molar-refractivity contribution in [3.05, 3.63) is 63.7 Å². The number of allylic oxidation sites excluding steroid dienone is 1. The van der Waals surface area contributed by atoms with E-state index in [1.165, 1.54) is 37.5 Å². The summed E-state index contributed by atoms with van der Waals surface area (Å²) in [5, 5.41) is 45.5. The molecule has 1 aliphatic heterocycles. The molecule has 1 saturated heterocycles. The number of aryl methyl sites for hydroxylation is 1. The first-order valence-electron chi connectivity index (χ1n) is 12.1. The summed E-state index contributed by atoms with van der Waals surface area (Å²) in [6.45, 7) is 5.70. The summed E-state index contributed by atoms with van der Waals surface area (Å²) in [4.78, 5) is 37.8. The monoisotopic (exact) mass is 542 g/mol. The minimum Gasteiger partial charge on any atom is -0.507 e. The van der Waals surface area contributed by atoms with Gasteiger partial charge in [0.05, 0.1) is 24.8 Å². The molecule has 4 rings (SSSR count). The zero-order valence-electron chi connectivity index (χ0n) is 22.0. The number of carbonyl (C=O) groups is 3. The minimum atomic E-state index is -2.38. The van der Waals surface area contributed by atoms with Crippen molar-refractivity contribution < 1.29 is 53.8 Å². The normalized spacial score (nSPS) is 25.7. The van der Waals surface area contributed by atoms with Crippen LogP contribution in [0.25, 0.3) is 0 Å². The summed E-state index contributed by atoms with van der Waals surface area (Å²) in [7, 11) is 1.32. The molecule has 208 valence electrons. The highest BCUT2D eigenvalue weighted by Crippen LogP contribution is 2.51. The molecule has 1 heterocycles. The van der Waals surface area contributed by atoms with E-state index in [2.05, 4.69) is 0 Å². The van der Waals surface area contributed by atoms with Crippen molar-refractivity contribution in [3.8, 4) is 17.2 Å². The van der Waals surface area contributed by atoms with E-state index in [0.717, 1.165) is 6.92 Å². The molecule has 11 nitrogen and oxygen atoms in total. The number of methoxy groups -OCH3 is 1. The van der Waals surface area contributed by atoms with E-state index >= 15 is 0 Å². The van der Waals surface area contributed by atoms with E-state index in [4.69, 9.17) is 18.9 Å². The second kappa shape index (κ2) is 10.3. The topological polar surface area (TPSA) is 169 Å². The molecule has 0 bridgehead atoms. The highest BCUT2D eigenvalue weighted by molar-refractivity contribution is 6.16. The number of phenolic OH excluding ortho intramolecular Hbond substituents is 2. The number of rotatable bonds is 5. The number of hydrogen-bond acceptors (Lipinski definition) is 11. The standard InChI is InChI=1S/C28H30O11/c1-12(2)6-21(32)39-26-20(38-14(4)29)11-37-27(25(26)34)28(35)16-7-13(3)8-18(30)22(16)24(33)23-17(28)9-15(36-5)10-19(23)31/h6-10,20,25-27,30-31,34-35H,11H2,1-5H3/t20-,25+,26-,27+,28+/m1/s1. The number of esters is 2. The molecule has 0 amide bonds. The van der Waals surface area contributed by atoms with Gasteiger partial charge in [-0.05, 0) is 38.5 Å². The first-order valence-corrected chi connectivity index (χ1v) is 12.1. The van der Waals surface area contributed by atoms with Crippen molar-refractivity contribution in [1.82, 2.24) is 0 Å². The molecule has 2 aromatic rings. The number of aromatic hydroxyl groups is 2. The van der Waals surface area contributed by atoms with Crippen molar-refractivity contribution in [3.63, 3.8) is 0 Å². The van der Waals surface area contributed by atoms with E-state index in [0.29, 0.717) is 11.1 Å². The number of benzene rings is 2. The second-order valence-corrected chi connectivity index (χ2v) is 9.89. The van der Waals surface area contributed by atoms with Crippen LogP contribution in [0, 0.1) is 6.92 Å². The maximum Gasteiger partial charge on any atom is 0.331 e. The predicted molar refractivity (Wildman–Crippen MR) is 135 cm³/mol. The van der Waals surface area contributed by atoms with Crippen molar-refractivity contribution in [1.29, 1.82) is 0 Å². The molecule has 0 spiro atoms. The van der Waals surface area contributed by atoms with Gasteiger partial charge in [0.25, 0.3) is 0 Å². The summed E-state index contributed by atoms with van der Waals surface area (Å²) in [6.07, 6.45) is -4.97. The molecule has 1 aliphatic carbocycles. The average Bonchev–Trinajstić information content (AvgIpc) is 2.83. The molecular weight excluding hydrogens is 512 g/mol. The van der Waals surface area contributed by atoms with Crippen LogP contribution in [0.1, 0.15) is 53.4 Å². The number of aliphatic hydroxyl groups excluding tert-OH is 1. The molecule has 2 aliphatic rings. The molecule has 39 heavy (non-hydrogen) atoms. The number of aliphatic hydroxyl groups is 2. The lowest BCUT2D eigenvalue weighted by molar-refractivity contribution is -0.243. The molecule has 0 unspecified atom stereocenters. The molecule has 11 heteroatoms. The van der Waals surface area contributed by atoms with Crippen LogP contribution in [0.3, 0.4) is 0 Å². The van der Waals surface area contributed by atoms with Crippen LogP contribution in [-0.4, -0.2) is 76.3 Å². The predicted octanol–water partition coefficient (Wildman–Crippen LogP) is 1.76. The quantitative estimate of drug-likeness (QED) is 0.321. The minimum absolute atomic E-state index is 0.0902. The van der Waals surface area contributed by atoms with Crippen LogP contribution in [0.15, 0.2) is 35.9 Å². The van der Waals surface area contributed by atoms with Gasteiger partial charge in [0.1, 0.15) is 35.1 Å². The van der Waals surface area contributed by atoms with Crippen molar-refractivity contribution >= 4 is 17.7 Å². The summed E-state index contributed by atoms with van der Waals surface area (Å²) in [5.41, 5.74) is -2.19. The Morgan fingerprint density at radius 1 is 1.03 bits per heavy atom. The van der Waals surface area contributed by atoms with E-state index in [1.54, 1.807) is 20.8 Å². The van der Waals surface area contributed by atoms with Crippen molar-refractivity contribution in [2.75, 3.05) is 13.7 Å². The van der Waals surface area contributed by atoms with Crippen LogP contribution in [0.4, 0.5) is 0 Å². The third-order valence-corrected chi connectivity index (χ3v) is 6.71. The molecule has 2 aromatic carbocycles. The van der Waals surface area contributed by atoms with Crippen molar-refractivity contribution in [2.24, 2.45) is 0 Å². The van der Waals surface area contributed by atoms with Gasteiger partial charge in [-0.2, -0.15) is 0 Å². The number of fused-ring (bicyclic) bond motifs is 2. The molecule has 0 aromatic heterocycles. The third kappa shape index (κ3) is 4.84. The first-order chi connectivity index (χ1) is 18.3. The lowest BCUT2D eigenvalue weighted by Crippen LogP contribution is -2.63. The summed E-state index contributed by atoms with van der Waals surface area (Å²) in [5.74, 6) is -3.21. The smallest absolute Gasteiger partial charge is 0.331 e. The van der Waals surface area contributed by atoms with E-state index in [9.17, 15) is 34.8 Å². The van der Waals surface area contributed by atoms with Gasteiger partial charge >= 0.3 is 11.9 Å². The van der Waals surface area contributed by atoms with Gasteiger partial charge in [0.15, 0.2) is 12.2 Å². The van der Waals surface area contributed by atoms with Crippen LogP contribution in [0.2, 0.25) is 0 Å². The van der Waals surface area contributed by atoms with Gasteiger partial charge in [-0.3, -0.25) is 9.59 Å². The van der Waals surface area contributed by atoms with Crippen LogP contribution < -0.4 is 4.74 Å². The van der Waals surface area contributed by atoms with Gasteiger partial charge in [-0.15, -0.1) is 0 Å². The zero-order valence-corrected chi connectivity index (χ0v) is 22.0. The number of ether oxygens (including phenoxy) is 4. The number of hydrogen-bond donors (Lipinski definition) is 4. The molecular formula is C28H30O11. The summed E-state index contributed by atoms with van der Waals surface area (Å²) >= 11 is 0. The Labute approximate surface area is 224 Å². The van der Waals surface area contributed by atoms with Crippen LogP contribution in [-0.2, 0) is 29.4 Å². The SMILES string of the molecule is COc1cc(O)c2c(c1)[C@](O)([C@H]1OC[C@@H](OC(C)=O)[C@@H](OC(=O)C=C(C)C)[C@@H]1O)c1cc(C)cc(O)c1C2=O. The average molecular weight is 543 g/mol. The van der Waals surface area contributed by atoms with Gasteiger partial charge in [0.2, 0.25) is 5.78 Å². The molecule has 4 N–H and O–H groups in total. The van der Waals surface area contributed by atoms with Crippen LogP contribution >= 0.6 is 0 Å². The molecule has 0 radical (unpaired) electrons. The number of phenols is 2. The fourth-order valence-electron chi connectivity index (χ4n) is 5.16. The number of ketones is 1.